The van der Waals surface area contributed by atoms with Crippen molar-refractivity contribution in [1.82, 2.24) is 9.88 Å². The fourth-order valence-corrected chi connectivity index (χ4v) is 3.22. The summed E-state index contributed by atoms with van der Waals surface area (Å²) in [6.07, 6.45) is 1.99. The lowest BCUT2D eigenvalue weighted by molar-refractivity contribution is 0.226. The quantitative estimate of drug-likeness (QED) is 0.750. The van der Waals surface area contributed by atoms with Gasteiger partial charge in [-0.25, -0.2) is 0 Å². The third-order valence-corrected chi connectivity index (χ3v) is 4.30. The standard InChI is InChI=1S/C9H14N2S2/c1-8-6-12-3-2-11(8)5-9-4-10-7-13-9/h4,7-8H,2-3,5-6H2,1H3. The summed E-state index contributed by atoms with van der Waals surface area (Å²) < 4.78 is 0. The lowest BCUT2D eigenvalue weighted by Crippen LogP contribution is -2.39. The Kier molecular flexibility index (Phi) is 3.24. The van der Waals surface area contributed by atoms with Gasteiger partial charge >= 0.3 is 0 Å². The van der Waals surface area contributed by atoms with Crippen molar-refractivity contribution in [1.29, 1.82) is 0 Å². The number of rotatable bonds is 2. The molecule has 0 aliphatic carbocycles. The van der Waals surface area contributed by atoms with Gasteiger partial charge in [0.15, 0.2) is 0 Å². The topological polar surface area (TPSA) is 16.1 Å². The van der Waals surface area contributed by atoms with Crippen LogP contribution in [0.4, 0.5) is 0 Å². The van der Waals surface area contributed by atoms with Gasteiger partial charge in [-0.15, -0.1) is 11.3 Å². The third-order valence-electron chi connectivity index (χ3n) is 2.35. The van der Waals surface area contributed by atoms with Crippen molar-refractivity contribution in [3.8, 4) is 0 Å². The molecule has 0 spiro atoms. The molecule has 0 amide bonds. The summed E-state index contributed by atoms with van der Waals surface area (Å²) in [5.41, 5.74) is 1.92. The van der Waals surface area contributed by atoms with E-state index in [1.807, 2.05) is 11.7 Å². The van der Waals surface area contributed by atoms with E-state index in [0.717, 1.165) is 12.6 Å². The smallest absolute Gasteiger partial charge is 0.0794 e. The van der Waals surface area contributed by atoms with Crippen LogP contribution in [0.25, 0.3) is 0 Å². The van der Waals surface area contributed by atoms with Crippen LogP contribution >= 0.6 is 23.1 Å². The van der Waals surface area contributed by atoms with Crippen molar-refractivity contribution >= 4 is 23.1 Å². The predicted octanol–water partition coefficient (Wildman–Crippen LogP) is 2.08. The van der Waals surface area contributed by atoms with Gasteiger partial charge in [-0.1, -0.05) is 0 Å². The zero-order valence-corrected chi connectivity index (χ0v) is 9.40. The van der Waals surface area contributed by atoms with E-state index in [0.29, 0.717) is 0 Å². The first-order valence-electron chi connectivity index (χ1n) is 4.55. The van der Waals surface area contributed by atoms with Crippen LogP contribution in [0.3, 0.4) is 0 Å². The van der Waals surface area contributed by atoms with E-state index in [9.17, 15) is 0 Å². The van der Waals surface area contributed by atoms with Crippen molar-refractivity contribution in [2.24, 2.45) is 0 Å². The van der Waals surface area contributed by atoms with Gasteiger partial charge in [-0.05, 0) is 6.92 Å². The Morgan fingerprint density at radius 2 is 2.62 bits per heavy atom. The normalized spacial score (nSPS) is 24.8. The average molecular weight is 214 g/mol. The SMILES string of the molecule is CC1CSCCN1Cc1cncs1. The summed E-state index contributed by atoms with van der Waals surface area (Å²) >= 11 is 3.82. The van der Waals surface area contributed by atoms with E-state index in [1.165, 1.54) is 22.9 Å². The van der Waals surface area contributed by atoms with Crippen molar-refractivity contribution in [2.45, 2.75) is 19.5 Å². The molecule has 1 aromatic rings. The van der Waals surface area contributed by atoms with Crippen molar-refractivity contribution in [3.63, 3.8) is 0 Å². The van der Waals surface area contributed by atoms with Crippen LogP contribution in [0.1, 0.15) is 11.8 Å². The summed E-state index contributed by atoms with van der Waals surface area (Å²) in [5.74, 6) is 2.56. The zero-order chi connectivity index (χ0) is 9.10. The first-order chi connectivity index (χ1) is 6.36. The Balaban J connectivity index is 1.93. The molecule has 1 aliphatic rings. The molecular weight excluding hydrogens is 200 g/mol. The summed E-state index contributed by atoms with van der Waals surface area (Å²) in [5, 5.41) is 0. The first-order valence-corrected chi connectivity index (χ1v) is 6.59. The van der Waals surface area contributed by atoms with Gasteiger partial charge in [0.1, 0.15) is 0 Å². The van der Waals surface area contributed by atoms with Gasteiger partial charge < -0.3 is 0 Å². The molecule has 1 aromatic heterocycles. The second kappa shape index (κ2) is 4.44. The molecule has 0 aromatic carbocycles. The molecule has 72 valence electrons. The molecule has 1 unspecified atom stereocenters. The highest BCUT2D eigenvalue weighted by molar-refractivity contribution is 7.99. The average Bonchev–Trinajstić information content (AvgIpc) is 2.61. The van der Waals surface area contributed by atoms with E-state index in [-0.39, 0.29) is 0 Å². The highest BCUT2D eigenvalue weighted by Gasteiger charge is 2.18. The summed E-state index contributed by atoms with van der Waals surface area (Å²) in [6.45, 7) is 4.63. The molecule has 1 saturated heterocycles. The molecule has 13 heavy (non-hydrogen) atoms. The van der Waals surface area contributed by atoms with E-state index >= 15 is 0 Å². The van der Waals surface area contributed by atoms with Crippen LogP contribution in [0, 0.1) is 0 Å². The lowest BCUT2D eigenvalue weighted by atomic mass is 10.3. The van der Waals surface area contributed by atoms with Gasteiger partial charge in [0.25, 0.3) is 0 Å². The number of aromatic nitrogens is 1. The molecule has 0 saturated carbocycles. The first kappa shape index (κ1) is 9.49. The van der Waals surface area contributed by atoms with Crippen LogP contribution in [-0.4, -0.2) is 34.0 Å². The van der Waals surface area contributed by atoms with E-state index < -0.39 is 0 Å². The number of thiazole rings is 1. The van der Waals surface area contributed by atoms with Crippen LogP contribution in [-0.2, 0) is 6.54 Å². The third kappa shape index (κ3) is 2.45. The molecule has 4 heteroatoms. The number of hydrogen-bond donors (Lipinski definition) is 0. The minimum Gasteiger partial charge on any atom is -0.294 e. The molecule has 0 radical (unpaired) electrons. The molecule has 2 heterocycles. The van der Waals surface area contributed by atoms with Crippen LogP contribution in [0.2, 0.25) is 0 Å². The zero-order valence-electron chi connectivity index (χ0n) is 7.77. The summed E-state index contributed by atoms with van der Waals surface area (Å²) in [4.78, 5) is 8.03. The van der Waals surface area contributed by atoms with Crippen LogP contribution in [0.5, 0.6) is 0 Å². The maximum Gasteiger partial charge on any atom is 0.0794 e. The van der Waals surface area contributed by atoms with Gasteiger partial charge in [0.05, 0.1) is 5.51 Å². The van der Waals surface area contributed by atoms with E-state index in [4.69, 9.17) is 0 Å². The predicted molar refractivity (Wildman–Crippen MR) is 59.3 cm³/mol. The fraction of sp³-hybridized carbons (Fsp3) is 0.667. The molecule has 0 bridgehead atoms. The Labute approximate surface area is 87.4 Å². The molecule has 2 rings (SSSR count). The van der Waals surface area contributed by atoms with E-state index in [2.05, 4.69) is 28.6 Å². The number of thioether (sulfide) groups is 1. The van der Waals surface area contributed by atoms with Gasteiger partial charge in [-0.2, -0.15) is 11.8 Å². The van der Waals surface area contributed by atoms with Crippen molar-refractivity contribution in [2.75, 3.05) is 18.1 Å². The second-order valence-electron chi connectivity index (χ2n) is 3.36. The second-order valence-corrected chi connectivity index (χ2v) is 5.48. The maximum absolute atomic E-state index is 4.10. The summed E-state index contributed by atoms with van der Waals surface area (Å²) in [6, 6.07) is 0.723. The van der Waals surface area contributed by atoms with E-state index in [1.54, 1.807) is 11.3 Å². The van der Waals surface area contributed by atoms with Gasteiger partial charge in [0.2, 0.25) is 0 Å². The Hall–Kier alpha value is -0.0600. The highest BCUT2D eigenvalue weighted by atomic mass is 32.2. The van der Waals surface area contributed by atoms with Crippen molar-refractivity contribution < 1.29 is 0 Å². The molecule has 0 N–H and O–H groups in total. The number of hydrogen-bond acceptors (Lipinski definition) is 4. The summed E-state index contributed by atoms with van der Waals surface area (Å²) in [7, 11) is 0. The lowest BCUT2D eigenvalue weighted by Gasteiger charge is -2.32. The van der Waals surface area contributed by atoms with Crippen LogP contribution in [0.15, 0.2) is 11.7 Å². The Morgan fingerprint density at radius 3 is 3.31 bits per heavy atom. The molecule has 1 aliphatic heterocycles. The minimum absolute atomic E-state index is 0.723. The molecular formula is C9H14N2S2. The minimum atomic E-state index is 0.723. The highest BCUT2D eigenvalue weighted by Crippen LogP contribution is 2.19. The monoisotopic (exact) mass is 214 g/mol. The van der Waals surface area contributed by atoms with Gasteiger partial charge in [0, 0.05) is 41.7 Å². The maximum atomic E-state index is 4.10. The van der Waals surface area contributed by atoms with Gasteiger partial charge in [-0.3, -0.25) is 9.88 Å². The largest absolute Gasteiger partial charge is 0.294 e. The van der Waals surface area contributed by atoms with Crippen LogP contribution < -0.4 is 0 Å². The molecule has 1 atom stereocenters. The molecule has 1 fully saturated rings. The molecule has 2 nitrogen and oxygen atoms in total. The number of nitrogens with zero attached hydrogens (tertiary/aromatic N) is 2. The van der Waals surface area contributed by atoms with Crippen molar-refractivity contribution in [3.05, 3.63) is 16.6 Å². The Morgan fingerprint density at radius 1 is 1.69 bits per heavy atom. The fourth-order valence-electron chi connectivity index (χ4n) is 1.52. The Bertz CT molecular complexity index is 248.